The minimum Gasteiger partial charge on any atom is -0.489 e. The molecular formula is C17H18N4O4. The maximum atomic E-state index is 11.9. The number of hydrogen-bond acceptors (Lipinski definition) is 7. The molecule has 0 unspecified atom stereocenters. The van der Waals surface area contributed by atoms with Crippen molar-refractivity contribution < 1.29 is 18.8 Å². The summed E-state index contributed by atoms with van der Waals surface area (Å²) in [5.41, 5.74) is 3.09. The molecule has 1 aromatic carbocycles. The number of esters is 1. The number of carbonyl (C=O) groups is 1. The standard InChI is InChI=1S/C17H18N4O4/c1-4-23-17(22)16-15(18-21-19-16)12-5-7-13(8-6-12)24-9-14-10(2)20-25-11(14)3/h5-8H,4,9H2,1-3H3,(H,18,19,21). The van der Waals surface area contributed by atoms with E-state index < -0.39 is 5.97 Å². The Morgan fingerprint density at radius 2 is 1.96 bits per heavy atom. The van der Waals surface area contributed by atoms with Gasteiger partial charge in [-0.05, 0) is 45.0 Å². The lowest BCUT2D eigenvalue weighted by Crippen LogP contribution is -2.06. The normalized spacial score (nSPS) is 10.7. The van der Waals surface area contributed by atoms with Crippen LogP contribution in [0.3, 0.4) is 0 Å². The fraction of sp³-hybridized carbons (Fsp3) is 0.294. The maximum absolute atomic E-state index is 11.9. The summed E-state index contributed by atoms with van der Waals surface area (Å²) in [5.74, 6) is 0.922. The Hall–Kier alpha value is -3.16. The molecule has 0 saturated carbocycles. The summed E-state index contributed by atoms with van der Waals surface area (Å²) < 4.78 is 15.9. The summed E-state index contributed by atoms with van der Waals surface area (Å²) in [6, 6.07) is 7.22. The second-order valence-corrected chi connectivity index (χ2v) is 5.36. The highest BCUT2D eigenvalue weighted by molar-refractivity contribution is 5.93. The lowest BCUT2D eigenvalue weighted by molar-refractivity contribution is 0.0520. The van der Waals surface area contributed by atoms with E-state index in [-0.39, 0.29) is 12.3 Å². The van der Waals surface area contributed by atoms with Crippen molar-refractivity contribution in [3.8, 4) is 17.0 Å². The van der Waals surface area contributed by atoms with Crippen molar-refractivity contribution in [3.05, 3.63) is 47.0 Å². The fourth-order valence-electron chi connectivity index (χ4n) is 2.35. The van der Waals surface area contributed by atoms with Gasteiger partial charge < -0.3 is 14.0 Å². The van der Waals surface area contributed by atoms with Crippen LogP contribution in [0, 0.1) is 13.8 Å². The number of benzene rings is 1. The number of carbonyl (C=O) groups excluding carboxylic acids is 1. The van der Waals surface area contributed by atoms with Crippen LogP contribution in [0.1, 0.15) is 34.4 Å². The molecule has 25 heavy (non-hydrogen) atoms. The summed E-state index contributed by atoms with van der Waals surface area (Å²) in [4.78, 5) is 11.9. The molecule has 3 aromatic rings. The smallest absolute Gasteiger partial charge is 0.361 e. The van der Waals surface area contributed by atoms with Crippen molar-refractivity contribution in [3.63, 3.8) is 0 Å². The van der Waals surface area contributed by atoms with E-state index in [0.29, 0.717) is 18.1 Å². The Morgan fingerprint density at radius 1 is 1.20 bits per heavy atom. The third-order valence-electron chi connectivity index (χ3n) is 3.71. The van der Waals surface area contributed by atoms with E-state index in [9.17, 15) is 4.79 Å². The number of aromatic nitrogens is 4. The van der Waals surface area contributed by atoms with Gasteiger partial charge in [-0.1, -0.05) is 5.16 Å². The molecule has 2 aromatic heterocycles. The molecule has 0 saturated heterocycles. The zero-order valence-electron chi connectivity index (χ0n) is 14.2. The first kappa shape index (κ1) is 16.7. The highest BCUT2D eigenvalue weighted by Gasteiger charge is 2.19. The molecule has 0 spiro atoms. The van der Waals surface area contributed by atoms with Gasteiger partial charge in [-0.2, -0.15) is 10.3 Å². The van der Waals surface area contributed by atoms with Crippen LogP contribution in [0.2, 0.25) is 0 Å². The number of aromatic amines is 1. The minimum absolute atomic E-state index is 0.159. The number of aryl methyl sites for hydroxylation is 2. The number of rotatable bonds is 6. The number of ether oxygens (including phenoxy) is 2. The highest BCUT2D eigenvalue weighted by atomic mass is 16.5. The molecule has 0 aliphatic carbocycles. The monoisotopic (exact) mass is 342 g/mol. The molecule has 0 amide bonds. The van der Waals surface area contributed by atoms with Crippen LogP contribution >= 0.6 is 0 Å². The minimum atomic E-state index is -0.509. The van der Waals surface area contributed by atoms with Gasteiger partial charge in [-0.25, -0.2) is 4.79 Å². The van der Waals surface area contributed by atoms with Crippen LogP contribution in [0.15, 0.2) is 28.8 Å². The average molecular weight is 342 g/mol. The first-order valence-electron chi connectivity index (χ1n) is 7.83. The molecule has 0 aliphatic heterocycles. The number of hydrogen-bond donors (Lipinski definition) is 1. The van der Waals surface area contributed by atoms with Gasteiger partial charge in [0.05, 0.1) is 17.9 Å². The van der Waals surface area contributed by atoms with Crippen molar-refractivity contribution in [1.82, 2.24) is 20.6 Å². The molecule has 0 fully saturated rings. The number of nitrogens with one attached hydrogen (secondary N) is 1. The van der Waals surface area contributed by atoms with E-state index in [0.717, 1.165) is 22.6 Å². The van der Waals surface area contributed by atoms with Crippen LogP contribution in [-0.4, -0.2) is 33.1 Å². The molecular weight excluding hydrogens is 324 g/mol. The number of H-pyrrole nitrogens is 1. The molecule has 1 N–H and O–H groups in total. The molecule has 0 atom stereocenters. The third kappa shape index (κ3) is 3.52. The summed E-state index contributed by atoms with van der Waals surface area (Å²) >= 11 is 0. The van der Waals surface area contributed by atoms with E-state index in [1.54, 1.807) is 19.1 Å². The molecule has 8 heteroatoms. The largest absolute Gasteiger partial charge is 0.489 e. The van der Waals surface area contributed by atoms with Gasteiger partial charge in [-0.3, -0.25) is 0 Å². The lowest BCUT2D eigenvalue weighted by Gasteiger charge is -2.07. The average Bonchev–Trinajstić information content (AvgIpc) is 3.21. The van der Waals surface area contributed by atoms with Crippen LogP contribution in [0.4, 0.5) is 0 Å². The van der Waals surface area contributed by atoms with Crippen molar-refractivity contribution in [2.24, 2.45) is 0 Å². The molecule has 0 aliphatic rings. The predicted octanol–water partition coefficient (Wildman–Crippen LogP) is 2.83. The van der Waals surface area contributed by atoms with Crippen molar-refractivity contribution in [1.29, 1.82) is 0 Å². The van der Waals surface area contributed by atoms with Gasteiger partial charge >= 0.3 is 5.97 Å². The van der Waals surface area contributed by atoms with Gasteiger partial charge in [0.1, 0.15) is 23.8 Å². The quantitative estimate of drug-likeness (QED) is 0.687. The molecule has 2 heterocycles. The lowest BCUT2D eigenvalue weighted by atomic mass is 10.1. The van der Waals surface area contributed by atoms with E-state index in [1.165, 1.54) is 0 Å². The SMILES string of the molecule is CCOC(=O)c1n[nH]nc1-c1ccc(OCc2c(C)noc2C)cc1. The molecule has 0 radical (unpaired) electrons. The highest BCUT2D eigenvalue weighted by Crippen LogP contribution is 2.24. The van der Waals surface area contributed by atoms with Crippen molar-refractivity contribution in [2.45, 2.75) is 27.4 Å². The fourth-order valence-corrected chi connectivity index (χ4v) is 2.35. The molecule has 8 nitrogen and oxygen atoms in total. The van der Waals surface area contributed by atoms with Gasteiger partial charge in [-0.15, -0.1) is 5.10 Å². The second kappa shape index (κ2) is 7.16. The maximum Gasteiger partial charge on any atom is 0.361 e. The Bertz CT molecular complexity index is 848. The van der Waals surface area contributed by atoms with E-state index in [4.69, 9.17) is 14.0 Å². The van der Waals surface area contributed by atoms with Gasteiger partial charge in [0, 0.05) is 5.56 Å². The summed E-state index contributed by atoms with van der Waals surface area (Å²) in [6.45, 7) is 6.12. The van der Waals surface area contributed by atoms with E-state index in [1.807, 2.05) is 26.0 Å². The van der Waals surface area contributed by atoms with Gasteiger partial charge in [0.25, 0.3) is 0 Å². The second-order valence-electron chi connectivity index (χ2n) is 5.36. The topological polar surface area (TPSA) is 103 Å². The first-order chi connectivity index (χ1) is 12.1. The summed E-state index contributed by atoms with van der Waals surface area (Å²) in [6.07, 6.45) is 0. The van der Waals surface area contributed by atoms with Crippen LogP contribution in [-0.2, 0) is 11.3 Å². The van der Waals surface area contributed by atoms with Crippen LogP contribution in [0.25, 0.3) is 11.3 Å². The van der Waals surface area contributed by atoms with Crippen molar-refractivity contribution in [2.75, 3.05) is 6.61 Å². The van der Waals surface area contributed by atoms with E-state index in [2.05, 4.69) is 20.6 Å². The Morgan fingerprint density at radius 3 is 2.60 bits per heavy atom. The number of nitrogens with zero attached hydrogens (tertiary/aromatic N) is 3. The zero-order valence-corrected chi connectivity index (χ0v) is 14.2. The van der Waals surface area contributed by atoms with Crippen LogP contribution in [0.5, 0.6) is 5.75 Å². The van der Waals surface area contributed by atoms with Gasteiger partial charge in [0.2, 0.25) is 0 Å². The first-order valence-corrected chi connectivity index (χ1v) is 7.83. The molecule has 3 rings (SSSR count). The Kier molecular flexibility index (Phi) is 4.78. The third-order valence-corrected chi connectivity index (χ3v) is 3.71. The van der Waals surface area contributed by atoms with Gasteiger partial charge in [0.15, 0.2) is 5.69 Å². The predicted molar refractivity (Wildman–Crippen MR) is 88.1 cm³/mol. The Balaban J connectivity index is 1.73. The zero-order chi connectivity index (χ0) is 17.8. The molecule has 130 valence electrons. The van der Waals surface area contributed by atoms with E-state index >= 15 is 0 Å². The Labute approximate surface area is 144 Å². The van der Waals surface area contributed by atoms with Crippen LogP contribution < -0.4 is 4.74 Å². The molecule has 0 bridgehead atoms. The summed E-state index contributed by atoms with van der Waals surface area (Å²) in [5, 5.41) is 14.3. The summed E-state index contributed by atoms with van der Waals surface area (Å²) in [7, 11) is 0. The van der Waals surface area contributed by atoms with Crippen molar-refractivity contribution >= 4 is 5.97 Å².